The van der Waals surface area contributed by atoms with Crippen LogP contribution in [0.2, 0.25) is 0 Å². The van der Waals surface area contributed by atoms with Crippen LogP contribution in [0.3, 0.4) is 0 Å². The van der Waals surface area contributed by atoms with Gasteiger partial charge < -0.3 is 9.73 Å². The maximum atomic E-state index is 12.3. The molecule has 0 spiro atoms. The average molecular weight is 349 g/mol. The lowest BCUT2D eigenvalue weighted by atomic mass is 10.1. The fourth-order valence-electron chi connectivity index (χ4n) is 3.13. The summed E-state index contributed by atoms with van der Waals surface area (Å²) in [5, 5.41) is 15.6. The van der Waals surface area contributed by atoms with E-state index in [1.165, 1.54) is 17.0 Å². The number of furan rings is 1. The quantitative estimate of drug-likeness (QED) is 0.639. The van der Waals surface area contributed by atoms with E-state index in [1.807, 2.05) is 18.4 Å². The largest absolute Gasteiger partial charge is 0.433 e. The van der Waals surface area contributed by atoms with Crippen LogP contribution in [-0.2, 0) is 0 Å². The van der Waals surface area contributed by atoms with Crippen LogP contribution in [0.25, 0.3) is 0 Å². The molecule has 7 nitrogen and oxygen atoms in total. The number of thiophene rings is 1. The first-order valence-corrected chi connectivity index (χ1v) is 8.77. The molecule has 0 unspecified atom stereocenters. The third kappa shape index (κ3) is 3.49. The number of carbonyl (C=O) groups excluding carboxylic acids is 1. The summed E-state index contributed by atoms with van der Waals surface area (Å²) in [5.41, 5.74) is 0. The van der Waals surface area contributed by atoms with Crippen molar-refractivity contribution >= 4 is 23.1 Å². The monoisotopic (exact) mass is 349 g/mol. The number of nitrogens with one attached hydrogen (secondary N) is 1. The molecule has 0 aromatic carbocycles. The van der Waals surface area contributed by atoms with Gasteiger partial charge in [-0.3, -0.25) is 19.8 Å². The second-order valence-electron chi connectivity index (χ2n) is 5.86. The smallest absolute Gasteiger partial charge is 0.395 e. The summed E-state index contributed by atoms with van der Waals surface area (Å²) in [4.78, 5) is 25.9. The minimum atomic E-state index is -0.654. The van der Waals surface area contributed by atoms with Gasteiger partial charge in [-0.25, -0.2) is 0 Å². The van der Waals surface area contributed by atoms with Gasteiger partial charge in [0.25, 0.3) is 5.91 Å². The Bertz CT molecular complexity index is 707. The van der Waals surface area contributed by atoms with Crippen LogP contribution in [0.4, 0.5) is 5.88 Å². The van der Waals surface area contributed by atoms with Crippen molar-refractivity contribution in [1.82, 2.24) is 10.2 Å². The first-order chi connectivity index (χ1) is 11.6. The van der Waals surface area contributed by atoms with Gasteiger partial charge in [-0.2, -0.15) is 0 Å². The molecule has 128 valence electrons. The van der Waals surface area contributed by atoms with E-state index in [-0.39, 0.29) is 17.8 Å². The molecule has 1 fully saturated rings. The summed E-state index contributed by atoms with van der Waals surface area (Å²) < 4.78 is 4.98. The lowest BCUT2D eigenvalue weighted by molar-refractivity contribution is -0.402. The van der Waals surface area contributed by atoms with E-state index in [2.05, 4.69) is 16.3 Å². The van der Waals surface area contributed by atoms with Crippen LogP contribution in [0.5, 0.6) is 0 Å². The lowest BCUT2D eigenvalue weighted by Crippen LogP contribution is -2.43. The second kappa shape index (κ2) is 7.14. The van der Waals surface area contributed by atoms with Crippen molar-refractivity contribution in [3.05, 3.63) is 50.4 Å². The highest BCUT2D eigenvalue weighted by atomic mass is 32.1. The van der Waals surface area contributed by atoms with Crippen LogP contribution in [0, 0.1) is 10.1 Å². The average Bonchev–Trinajstić information content (AvgIpc) is 3.30. The van der Waals surface area contributed by atoms with Crippen molar-refractivity contribution in [1.29, 1.82) is 0 Å². The van der Waals surface area contributed by atoms with Crippen molar-refractivity contribution in [3.63, 3.8) is 0 Å². The van der Waals surface area contributed by atoms with E-state index < -0.39 is 16.7 Å². The Morgan fingerprint density at radius 1 is 1.38 bits per heavy atom. The maximum absolute atomic E-state index is 12.3. The van der Waals surface area contributed by atoms with Crippen molar-refractivity contribution in [3.8, 4) is 0 Å². The van der Waals surface area contributed by atoms with Gasteiger partial charge in [-0.05, 0) is 50.4 Å². The van der Waals surface area contributed by atoms with E-state index in [9.17, 15) is 14.9 Å². The number of hydrogen-bond donors (Lipinski definition) is 1. The SMILES string of the molecule is C[C@H](NC(=O)c1ccc([N+](=O)[O-])o1)[C@@H](c1cccs1)N1CCCC1. The molecule has 1 aliphatic rings. The van der Waals surface area contributed by atoms with E-state index in [1.54, 1.807) is 11.3 Å². The third-order valence-corrected chi connectivity index (χ3v) is 5.14. The fourth-order valence-corrected chi connectivity index (χ4v) is 4.09. The van der Waals surface area contributed by atoms with Gasteiger partial charge in [0.05, 0.1) is 12.1 Å². The summed E-state index contributed by atoms with van der Waals surface area (Å²) >= 11 is 1.67. The number of amides is 1. The molecule has 1 N–H and O–H groups in total. The first kappa shape index (κ1) is 16.7. The van der Waals surface area contributed by atoms with E-state index >= 15 is 0 Å². The third-order valence-electron chi connectivity index (χ3n) is 4.20. The van der Waals surface area contributed by atoms with Gasteiger partial charge >= 0.3 is 5.88 Å². The van der Waals surface area contributed by atoms with Crippen LogP contribution in [-0.4, -0.2) is 34.9 Å². The molecule has 2 aromatic heterocycles. The zero-order valence-electron chi connectivity index (χ0n) is 13.3. The predicted molar refractivity (Wildman–Crippen MR) is 90.2 cm³/mol. The summed E-state index contributed by atoms with van der Waals surface area (Å²) in [6.45, 7) is 3.97. The van der Waals surface area contributed by atoms with Crippen molar-refractivity contribution in [2.24, 2.45) is 0 Å². The molecule has 3 rings (SSSR count). The number of likely N-dealkylation sites (tertiary alicyclic amines) is 1. The van der Waals surface area contributed by atoms with E-state index in [0.29, 0.717) is 0 Å². The van der Waals surface area contributed by atoms with Crippen LogP contribution >= 0.6 is 11.3 Å². The Kier molecular flexibility index (Phi) is 4.96. The molecule has 0 saturated carbocycles. The molecular weight excluding hydrogens is 330 g/mol. The molecule has 2 aromatic rings. The standard InChI is InChI=1S/C16H19N3O4S/c1-11(17-16(20)12-6-7-14(23-12)19(21)22)15(13-5-4-10-24-13)18-8-2-3-9-18/h4-7,10-11,15H,2-3,8-9H2,1H3,(H,17,20)/t11-,15-/m0/s1. The molecule has 1 amide bonds. The molecular formula is C16H19N3O4S. The Balaban J connectivity index is 1.73. The molecule has 0 bridgehead atoms. The highest BCUT2D eigenvalue weighted by Gasteiger charge is 2.31. The summed E-state index contributed by atoms with van der Waals surface area (Å²) in [5.74, 6) is -0.904. The van der Waals surface area contributed by atoms with Crippen molar-refractivity contribution in [2.75, 3.05) is 13.1 Å². The summed E-state index contributed by atoms with van der Waals surface area (Å²) in [7, 11) is 0. The highest BCUT2D eigenvalue weighted by Crippen LogP contribution is 2.31. The summed E-state index contributed by atoms with van der Waals surface area (Å²) in [6.07, 6.45) is 2.32. The first-order valence-electron chi connectivity index (χ1n) is 7.89. The molecule has 1 saturated heterocycles. The normalized spacial score (nSPS) is 17.5. The number of nitrogens with zero attached hydrogens (tertiary/aromatic N) is 2. The Morgan fingerprint density at radius 3 is 2.71 bits per heavy atom. The number of nitro groups is 1. The Labute approximate surface area is 143 Å². The molecule has 1 aliphatic heterocycles. The molecule has 24 heavy (non-hydrogen) atoms. The predicted octanol–water partition coefficient (Wildman–Crippen LogP) is 3.20. The van der Waals surface area contributed by atoms with E-state index in [0.717, 1.165) is 25.9 Å². The molecule has 0 radical (unpaired) electrons. The lowest BCUT2D eigenvalue weighted by Gasteiger charge is -2.32. The van der Waals surface area contributed by atoms with E-state index in [4.69, 9.17) is 4.42 Å². The number of hydrogen-bond acceptors (Lipinski definition) is 6. The second-order valence-corrected chi connectivity index (χ2v) is 6.84. The number of carbonyl (C=O) groups is 1. The summed E-state index contributed by atoms with van der Waals surface area (Å²) in [6, 6.07) is 6.56. The van der Waals surface area contributed by atoms with Gasteiger partial charge in [-0.1, -0.05) is 6.07 Å². The van der Waals surface area contributed by atoms with Crippen LogP contribution < -0.4 is 5.32 Å². The minimum absolute atomic E-state index is 0.0418. The van der Waals surface area contributed by atoms with Gasteiger partial charge in [0.15, 0.2) is 5.76 Å². The van der Waals surface area contributed by atoms with Crippen LogP contribution in [0.1, 0.15) is 41.2 Å². The molecule has 3 heterocycles. The van der Waals surface area contributed by atoms with Crippen LogP contribution in [0.15, 0.2) is 34.1 Å². The zero-order chi connectivity index (χ0) is 17.1. The Morgan fingerprint density at radius 2 is 2.12 bits per heavy atom. The molecule has 8 heteroatoms. The van der Waals surface area contributed by atoms with Gasteiger partial charge in [0, 0.05) is 10.9 Å². The minimum Gasteiger partial charge on any atom is -0.395 e. The number of rotatable bonds is 6. The van der Waals surface area contributed by atoms with Gasteiger partial charge in [-0.15, -0.1) is 11.3 Å². The van der Waals surface area contributed by atoms with Crippen molar-refractivity contribution in [2.45, 2.75) is 31.8 Å². The zero-order valence-corrected chi connectivity index (χ0v) is 14.1. The molecule has 0 aliphatic carbocycles. The molecule has 2 atom stereocenters. The highest BCUT2D eigenvalue weighted by molar-refractivity contribution is 7.10. The topological polar surface area (TPSA) is 88.6 Å². The van der Waals surface area contributed by atoms with Crippen molar-refractivity contribution < 1.29 is 14.1 Å². The van der Waals surface area contributed by atoms with Gasteiger partial charge in [0.1, 0.15) is 4.92 Å². The van der Waals surface area contributed by atoms with Gasteiger partial charge in [0.2, 0.25) is 0 Å². The Hall–Kier alpha value is -2.19. The fraction of sp³-hybridized carbons (Fsp3) is 0.438. The maximum Gasteiger partial charge on any atom is 0.433 e.